The van der Waals surface area contributed by atoms with Gasteiger partial charge in [0.2, 0.25) is 0 Å². The van der Waals surface area contributed by atoms with Gasteiger partial charge in [0.1, 0.15) is 12.7 Å². The Balaban J connectivity index is 2.54. The fraction of sp³-hybridized carbons (Fsp3) is 0.604. The first-order valence-corrected chi connectivity index (χ1v) is 26.0. The minimum atomic E-state index is -4.90. The van der Waals surface area contributed by atoms with E-state index in [0.29, 0.717) is 32.1 Å². The molecule has 15 nitrogen and oxygen atoms in total. The number of phosphoric acid groups is 2. The van der Waals surface area contributed by atoms with E-state index >= 15 is 0 Å². The number of carbonyl (C=O) groups excluding carboxylic acids is 3. The van der Waals surface area contributed by atoms with Crippen molar-refractivity contribution in [1.82, 2.24) is 0 Å². The second-order valence-corrected chi connectivity index (χ2v) is 18.3. The molecule has 1 aliphatic carbocycles. The van der Waals surface area contributed by atoms with Crippen LogP contribution in [0.15, 0.2) is 97.2 Å². The highest BCUT2D eigenvalue weighted by Gasteiger charge is 2.29. The van der Waals surface area contributed by atoms with E-state index in [9.17, 15) is 38.6 Å². The Kier molecular flexibility index (Phi) is 34.6. The van der Waals surface area contributed by atoms with Gasteiger partial charge in [0.25, 0.3) is 0 Å². The van der Waals surface area contributed by atoms with Crippen molar-refractivity contribution in [3.63, 3.8) is 0 Å². The second kappa shape index (κ2) is 37.7. The van der Waals surface area contributed by atoms with Crippen molar-refractivity contribution >= 4 is 33.4 Å². The third kappa shape index (κ3) is 35.5. The Hall–Kier alpha value is -3.33. The van der Waals surface area contributed by atoms with Crippen LogP contribution in [-0.2, 0) is 46.6 Å². The van der Waals surface area contributed by atoms with Gasteiger partial charge in [-0.3, -0.25) is 28.0 Å². The molecule has 1 unspecified atom stereocenters. The maximum Gasteiger partial charge on any atom is 0.472 e. The van der Waals surface area contributed by atoms with Gasteiger partial charge in [0, 0.05) is 18.8 Å². The lowest BCUT2D eigenvalue weighted by Crippen LogP contribution is -2.29. The number of carbonyl (C=O) groups is 3. The average Bonchev–Trinajstić information content (AvgIpc) is 3.62. The molecule has 1 rings (SSSR count). The Bertz CT molecular complexity index is 1660. The highest BCUT2D eigenvalue weighted by Crippen LogP contribution is 2.44. The Morgan fingerprint density at radius 3 is 1.91 bits per heavy atom. The molecule has 0 radical (unpaired) electrons. The minimum Gasteiger partial charge on any atom is -0.462 e. The lowest BCUT2D eigenvalue weighted by Gasteiger charge is -2.20. The van der Waals surface area contributed by atoms with Crippen molar-refractivity contribution in [2.24, 2.45) is 11.8 Å². The summed E-state index contributed by atoms with van der Waals surface area (Å²) in [7, 11) is -9.78. The lowest BCUT2D eigenvalue weighted by molar-refractivity contribution is -0.161. The number of rotatable bonds is 39. The number of hydrogen-bond donors (Lipinski definition) is 5. The van der Waals surface area contributed by atoms with Crippen LogP contribution in [0.3, 0.4) is 0 Å². The highest BCUT2D eigenvalue weighted by molar-refractivity contribution is 7.47. The molecule has 0 amide bonds. The molecule has 0 aromatic carbocycles. The second-order valence-electron chi connectivity index (χ2n) is 15.6. The molecular weight excluding hydrogens is 878 g/mol. The summed E-state index contributed by atoms with van der Waals surface area (Å²) in [5.41, 5.74) is 0. The molecule has 0 saturated heterocycles. The number of ether oxygens (including phenoxy) is 2. The Morgan fingerprint density at radius 2 is 1.26 bits per heavy atom. The molecule has 368 valence electrons. The predicted molar refractivity (Wildman–Crippen MR) is 252 cm³/mol. The molecule has 1 aliphatic rings. The summed E-state index contributed by atoms with van der Waals surface area (Å²) in [6, 6.07) is 0. The van der Waals surface area contributed by atoms with Gasteiger partial charge in [-0.05, 0) is 89.0 Å². The normalized spacial score (nSPS) is 18.4. The number of esters is 2. The average molecular weight is 955 g/mol. The molecular formula is C48H76O15P2. The SMILES string of the molecule is CC/C=C\C/C=C\C/C=C\C/C=C\C/C=C\CCCCCC(=O)OC[C@H](COP(=O)(O)OC[C@@H](O)COP(=O)(O)O)OC(=O)CCC/C=C\C[C@H]1C=CC(=O)[C@@H]1/C=C/[C@@H](O)CCCCC. The number of aliphatic hydroxyl groups excluding tert-OH is 2. The van der Waals surface area contributed by atoms with E-state index in [4.69, 9.17) is 23.8 Å². The van der Waals surface area contributed by atoms with Crippen LogP contribution in [0.1, 0.15) is 129 Å². The molecule has 0 saturated carbocycles. The largest absolute Gasteiger partial charge is 0.472 e. The lowest BCUT2D eigenvalue weighted by atomic mass is 9.90. The number of phosphoric ester groups is 2. The number of ketones is 1. The zero-order valence-corrected chi connectivity index (χ0v) is 40.2. The Labute approximate surface area is 386 Å². The molecule has 6 atom stereocenters. The number of unbranched alkanes of at least 4 members (excludes halogenated alkanes) is 6. The molecule has 65 heavy (non-hydrogen) atoms. The van der Waals surface area contributed by atoms with Crippen LogP contribution in [0.25, 0.3) is 0 Å². The first-order chi connectivity index (χ1) is 31.2. The summed E-state index contributed by atoms with van der Waals surface area (Å²) in [4.78, 5) is 65.4. The van der Waals surface area contributed by atoms with Gasteiger partial charge in [-0.1, -0.05) is 131 Å². The van der Waals surface area contributed by atoms with Gasteiger partial charge < -0.3 is 34.4 Å². The first kappa shape index (κ1) is 59.7. The van der Waals surface area contributed by atoms with Crippen LogP contribution in [0.5, 0.6) is 0 Å². The smallest absolute Gasteiger partial charge is 0.462 e. The first-order valence-electron chi connectivity index (χ1n) is 23.0. The monoisotopic (exact) mass is 954 g/mol. The maximum absolute atomic E-state index is 12.8. The highest BCUT2D eigenvalue weighted by atomic mass is 31.2. The van der Waals surface area contributed by atoms with Crippen molar-refractivity contribution in [1.29, 1.82) is 0 Å². The third-order valence-electron chi connectivity index (χ3n) is 9.69. The van der Waals surface area contributed by atoms with Crippen LogP contribution >= 0.6 is 15.6 Å². The van der Waals surface area contributed by atoms with Gasteiger partial charge in [-0.15, -0.1) is 0 Å². The topological polar surface area (TPSA) is 233 Å². The van der Waals surface area contributed by atoms with E-state index < -0.39 is 72.3 Å². The molecule has 0 aromatic heterocycles. The van der Waals surface area contributed by atoms with Gasteiger partial charge in [0.05, 0.1) is 25.9 Å². The zero-order valence-electron chi connectivity index (χ0n) is 38.4. The summed E-state index contributed by atoms with van der Waals surface area (Å²) in [5.74, 6) is -1.61. The van der Waals surface area contributed by atoms with E-state index in [1.165, 1.54) is 0 Å². The third-order valence-corrected chi connectivity index (χ3v) is 11.1. The van der Waals surface area contributed by atoms with E-state index in [0.717, 1.165) is 70.6 Å². The van der Waals surface area contributed by atoms with E-state index in [1.807, 2.05) is 18.2 Å². The van der Waals surface area contributed by atoms with Gasteiger partial charge in [0.15, 0.2) is 11.9 Å². The molecule has 0 aliphatic heterocycles. The van der Waals surface area contributed by atoms with Crippen LogP contribution < -0.4 is 0 Å². The van der Waals surface area contributed by atoms with Gasteiger partial charge in [-0.2, -0.15) is 0 Å². The molecule has 5 N–H and O–H groups in total. The fourth-order valence-corrected chi connectivity index (χ4v) is 7.28. The molecule has 0 fully saturated rings. The molecule has 0 aromatic rings. The predicted octanol–water partition coefficient (Wildman–Crippen LogP) is 9.73. The van der Waals surface area contributed by atoms with Gasteiger partial charge >= 0.3 is 27.6 Å². The zero-order chi connectivity index (χ0) is 48.0. The van der Waals surface area contributed by atoms with Crippen molar-refractivity contribution < 1.29 is 71.5 Å². The molecule has 0 bridgehead atoms. The standard InChI is InChI=1S/C48H76O15P2/c1-3-5-7-8-9-10-11-12-13-14-15-16-17-18-19-20-21-22-27-31-47(52)59-39-44(40-62-65(57,58)61-38-43(50)37-60-64(54,55)56)63-48(53)32-28-24-23-26-29-41-33-36-46(51)45(41)35-34-42(49)30-25-6-4-2/h5,7,9-10,12-13,15-16,18-19,23,26,33-36,41-45,49-50H,3-4,6,8,11,14,17,20-22,24-25,27-32,37-40H2,1-2H3,(H,57,58)(H2,54,55,56)/b7-5-,10-9-,13-12-,16-15-,19-18-,26-23-,35-34+/t41-,42-,43-,44+,45+/m0/s1. The van der Waals surface area contributed by atoms with Crippen LogP contribution in [0, 0.1) is 11.8 Å². The van der Waals surface area contributed by atoms with Crippen molar-refractivity contribution in [3.8, 4) is 0 Å². The van der Waals surface area contributed by atoms with Crippen molar-refractivity contribution in [3.05, 3.63) is 97.2 Å². The summed E-state index contributed by atoms with van der Waals surface area (Å²) in [5, 5.41) is 20.0. The molecule has 0 heterocycles. The summed E-state index contributed by atoms with van der Waals surface area (Å²) >= 11 is 0. The van der Waals surface area contributed by atoms with E-state index in [-0.39, 0.29) is 30.5 Å². The quantitative estimate of drug-likeness (QED) is 0.0167. The van der Waals surface area contributed by atoms with E-state index in [1.54, 1.807) is 18.2 Å². The summed E-state index contributed by atoms with van der Waals surface area (Å²) in [6.07, 6.45) is 41.7. The molecule has 0 spiro atoms. The minimum absolute atomic E-state index is 0.00473. The number of hydrogen-bond acceptors (Lipinski definition) is 12. The summed E-state index contributed by atoms with van der Waals surface area (Å²) < 4.78 is 47.8. The summed E-state index contributed by atoms with van der Waals surface area (Å²) in [6.45, 7) is 1.26. The maximum atomic E-state index is 12.8. The van der Waals surface area contributed by atoms with Crippen molar-refractivity contribution in [2.75, 3.05) is 26.4 Å². The van der Waals surface area contributed by atoms with Gasteiger partial charge in [-0.25, -0.2) is 9.13 Å². The van der Waals surface area contributed by atoms with Crippen LogP contribution in [0.2, 0.25) is 0 Å². The number of aliphatic hydroxyl groups is 2. The van der Waals surface area contributed by atoms with E-state index in [2.05, 4.69) is 83.7 Å². The molecule has 17 heteroatoms. The van der Waals surface area contributed by atoms with Crippen molar-refractivity contribution in [2.45, 2.75) is 148 Å². The fourth-order valence-electron chi connectivity index (χ4n) is 6.13. The number of allylic oxidation sites excluding steroid dienone is 15. The van der Waals surface area contributed by atoms with Crippen LogP contribution in [0.4, 0.5) is 0 Å². The Morgan fingerprint density at radius 1 is 0.677 bits per heavy atom. The van der Waals surface area contributed by atoms with Crippen LogP contribution in [-0.4, -0.2) is 87.4 Å².